The van der Waals surface area contributed by atoms with Crippen molar-refractivity contribution < 1.29 is 13.9 Å². The van der Waals surface area contributed by atoms with E-state index in [0.29, 0.717) is 48.3 Å². The first-order valence-corrected chi connectivity index (χ1v) is 10.2. The van der Waals surface area contributed by atoms with E-state index in [0.717, 1.165) is 30.2 Å². The van der Waals surface area contributed by atoms with Crippen LogP contribution in [0.5, 0.6) is 0 Å². The molecule has 0 bridgehead atoms. The smallest absolute Gasteiger partial charge is 0.225 e. The third-order valence-electron chi connectivity index (χ3n) is 5.09. The fourth-order valence-corrected chi connectivity index (χ4v) is 3.51. The summed E-state index contributed by atoms with van der Waals surface area (Å²) in [6.07, 6.45) is 1.07. The highest BCUT2D eigenvalue weighted by Gasteiger charge is 2.19. The van der Waals surface area contributed by atoms with Crippen molar-refractivity contribution in [1.82, 2.24) is 29.9 Å². The summed E-state index contributed by atoms with van der Waals surface area (Å²) in [5, 5.41) is 11.6. The molecule has 5 rings (SSSR count). The minimum Gasteiger partial charge on any atom is -0.460 e. The van der Waals surface area contributed by atoms with Crippen molar-refractivity contribution in [2.45, 2.75) is 32.6 Å². The van der Waals surface area contributed by atoms with Crippen molar-refractivity contribution in [3.63, 3.8) is 0 Å². The van der Waals surface area contributed by atoms with E-state index in [4.69, 9.17) is 18.9 Å². The van der Waals surface area contributed by atoms with Gasteiger partial charge < -0.3 is 19.2 Å². The van der Waals surface area contributed by atoms with Gasteiger partial charge in [0.05, 0.1) is 37.3 Å². The second-order valence-corrected chi connectivity index (χ2v) is 7.39. The van der Waals surface area contributed by atoms with E-state index in [1.807, 2.05) is 37.3 Å². The number of ether oxygens (including phenoxy) is 2. The highest BCUT2D eigenvalue weighted by Crippen LogP contribution is 2.27. The maximum absolute atomic E-state index is 5.88. The maximum Gasteiger partial charge on any atom is 0.225 e. The number of aromatic nitrogens is 6. The largest absolute Gasteiger partial charge is 0.460 e. The molecule has 0 aliphatic carbocycles. The van der Waals surface area contributed by atoms with Crippen LogP contribution < -0.4 is 5.32 Å². The van der Waals surface area contributed by atoms with E-state index in [2.05, 4.69) is 25.6 Å². The van der Waals surface area contributed by atoms with Crippen LogP contribution in [0.15, 0.2) is 34.7 Å². The first-order valence-electron chi connectivity index (χ1n) is 10.2. The van der Waals surface area contributed by atoms with Crippen LogP contribution in [0.3, 0.4) is 0 Å². The summed E-state index contributed by atoms with van der Waals surface area (Å²) in [6, 6.07) is 9.64. The van der Waals surface area contributed by atoms with Crippen molar-refractivity contribution in [3.8, 4) is 11.5 Å². The Morgan fingerprint density at radius 3 is 2.84 bits per heavy atom. The molecule has 5 heterocycles. The van der Waals surface area contributed by atoms with E-state index in [1.54, 1.807) is 11.7 Å². The molecule has 4 aromatic rings. The number of aryl methyl sites for hydroxylation is 1. The average Bonchev–Trinajstić information content (AvgIpc) is 3.54. The van der Waals surface area contributed by atoms with E-state index in [9.17, 15) is 0 Å². The van der Waals surface area contributed by atoms with Gasteiger partial charge in [-0.05, 0) is 37.6 Å². The second kappa shape index (κ2) is 8.40. The molecule has 1 fully saturated rings. The molecule has 1 aliphatic rings. The van der Waals surface area contributed by atoms with Gasteiger partial charge in [0.15, 0.2) is 16.9 Å². The zero-order valence-electron chi connectivity index (χ0n) is 17.4. The molecule has 0 amide bonds. The Morgan fingerprint density at radius 2 is 2.06 bits per heavy atom. The molecule has 10 heteroatoms. The van der Waals surface area contributed by atoms with Gasteiger partial charge in [0.1, 0.15) is 11.5 Å². The van der Waals surface area contributed by atoms with Crippen LogP contribution in [0, 0.1) is 6.92 Å². The molecule has 1 saturated heterocycles. The molecule has 1 atom stereocenters. The summed E-state index contributed by atoms with van der Waals surface area (Å²) in [5.74, 6) is 1.89. The summed E-state index contributed by atoms with van der Waals surface area (Å²) in [4.78, 5) is 13.8. The summed E-state index contributed by atoms with van der Waals surface area (Å²) >= 11 is 0. The zero-order valence-corrected chi connectivity index (χ0v) is 17.4. The lowest BCUT2D eigenvalue weighted by molar-refractivity contribution is 0.0301. The number of nitrogens with one attached hydrogen (secondary N) is 1. The number of rotatable bonds is 7. The summed E-state index contributed by atoms with van der Waals surface area (Å²) in [6.45, 7) is 4.17. The first-order chi connectivity index (χ1) is 15.2. The Kier molecular flexibility index (Phi) is 5.31. The van der Waals surface area contributed by atoms with E-state index in [-0.39, 0.29) is 6.10 Å². The fraction of sp³-hybridized carbons (Fsp3) is 0.381. The molecule has 0 aromatic carbocycles. The van der Waals surface area contributed by atoms with Gasteiger partial charge in [-0.2, -0.15) is 4.98 Å². The number of hydrogen-bond acceptors (Lipinski definition) is 9. The third-order valence-corrected chi connectivity index (χ3v) is 5.09. The van der Waals surface area contributed by atoms with Crippen LogP contribution in [0.1, 0.15) is 23.6 Å². The van der Waals surface area contributed by atoms with Gasteiger partial charge in [-0.1, -0.05) is 11.3 Å². The van der Waals surface area contributed by atoms with Gasteiger partial charge in [0.2, 0.25) is 5.95 Å². The SMILES string of the molecule is CNc1nc(-c2ccc(C)o2)c2nnn(Cc3cccc(CO[C@H]4CCOC4)n3)c2n1. The molecule has 4 aromatic heterocycles. The van der Waals surface area contributed by atoms with Gasteiger partial charge in [-0.15, -0.1) is 5.10 Å². The van der Waals surface area contributed by atoms with Crippen molar-refractivity contribution >= 4 is 17.1 Å². The fourth-order valence-electron chi connectivity index (χ4n) is 3.51. The standard InChI is InChI=1S/C21H23N7O3/c1-13-6-7-17(31-13)18-19-20(25-21(22-2)24-18)28(27-26-19)10-14-4-3-5-15(23-14)11-30-16-8-9-29-12-16/h3-7,16H,8-12H2,1-2H3,(H,22,24,25)/t16-/m0/s1. The Morgan fingerprint density at radius 1 is 1.16 bits per heavy atom. The van der Waals surface area contributed by atoms with Crippen LogP contribution in [-0.2, 0) is 22.6 Å². The maximum atomic E-state index is 5.88. The van der Waals surface area contributed by atoms with Crippen LogP contribution in [0.2, 0.25) is 0 Å². The van der Waals surface area contributed by atoms with Crippen LogP contribution in [-0.4, -0.2) is 56.3 Å². The second-order valence-electron chi connectivity index (χ2n) is 7.39. The molecule has 0 saturated carbocycles. The number of fused-ring (bicyclic) bond motifs is 1. The van der Waals surface area contributed by atoms with E-state index in [1.165, 1.54) is 0 Å². The minimum atomic E-state index is 0.144. The highest BCUT2D eigenvalue weighted by atomic mass is 16.5. The highest BCUT2D eigenvalue weighted by molar-refractivity contribution is 5.86. The predicted molar refractivity (Wildman–Crippen MR) is 112 cm³/mol. The van der Waals surface area contributed by atoms with Crippen molar-refractivity contribution in [1.29, 1.82) is 0 Å². The predicted octanol–water partition coefficient (Wildman–Crippen LogP) is 2.58. The van der Waals surface area contributed by atoms with Gasteiger partial charge >= 0.3 is 0 Å². The first kappa shape index (κ1) is 19.6. The number of anilines is 1. The summed E-state index contributed by atoms with van der Waals surface area (Å²) in [5.41, 5.74) is 3.49. The third kappa shape index (κ3) is 4.12. The van der Waals surface area contributed by atoms with Gasteiger partial charge in [-0.3, -0.25) is 4.98 Å². The average molecular weight is 421 g/mol. The zero-order chi connectivity index (χ0) is 21.2. The quantitative estimate of drug-likeness (QED) is 0.481. The van der Waals surface area contributed by atoms with Crippen molar-refractivity contribution in [2.75, 3.05) is 25.6 Å². The molecule has 1 N–H and O–H groups in total. The molecule has 0 spiro atoms. The molecule has 31 heavy (non-hydrogen) atoms. The monoisotopic (exact) mass is 421 g/mol. The molecule has 10 nitrogen and oxygen atoms in total. The van der Waals surface area contributed by atoms with Crippen molar-refractivity contribution in [2.24, 2.45) is 0 Å². The molecule has 0 radical (unpaired) electrons. The minimum absolute atomic E-state index is 0.144. The lowest BCUT2D eigenvalue weighted by Crippen LogP contribution is -2.13. The molecule has 160 valence electrons. The lowest BCUT2D eigenvalue weighted by atomic mass is 10.2. The lowest BCUT2D eigenvalue weighted by Gasteiger charge is -2.10. The molecular formula is C21H23N7O3. The molecule has 0 unspecified atom stereocenters. The molecular weight excluding hydrogens is 398 g/mol. The number of furan rings is 1. The Labute approximate surface area is 178 Å². The van der Waals surface area contributed by atoms with Gasteiger partial charge in [0.25, 0.3) is 0 Å². The van der Waals surface area contributed by atoms with Gasteiger partial charge in [0, 0.05) is 13.7 Å². The van der Waals surface area contributed by atoms with Crippen LogP contribution in [0.25, 0.3) is 22.6 Å². The van der Waals surface area contributed by atoms with E-state index < -0.39 is 0 Å². The Hall–Kier alpha value is -3.37. The van der Waals surface area contributed by atoms with Crippen LogP contribution in [0.4, 0.5) is 5.95 Å². The summed E-state index contributed by atoms with van der Waals surface area (Å²) < 4.78 is 18.7. The molecule has 1 aliphatic heterocycles. The van der Waals surface area contributed by atoms with Crippen LogP contribution >= 0.6 is 0 Å². The van der Waals surface area contributed by atoms with E-state index >= 15 is 0 Å². The summed E-state index contributed by atoms with van der Waals surface area (Å²) in [7, 11) is 1.77. The number of pyridine rings is 1. The van der Waals surface area contributed by atoms with Crippen molar-refractivity contribution in [3.05, 3.63) is 47.5 Å². The Bertz CT molecular complexity index is 1200. The number of hydrogen-bond donors (Lipinski definition) is 1. The Balaban J connectivity index is 1.42. The normalized spacial score (nSPS) is 16.3. The topological polar surface area (TPSA) is 113 Å². The van der Waals surface area contributed by atoms with Gasteiger partial charge in [-0.25, -0.2) is 9.67 Å². The number of nitrogens with zero attached hydrogens (tertiary/aromatic N) is 6.